The van der Waals surface area contributed by atoms with Gasteiger partial charge >= 0.3 is 0 Å². The van der Waals surface area contributed by atoms with Gasteiger partial charge in [0, 0.05) is 29.3 Å². The van der Waals surface area contributed by atoms with Gasteiger partial charge in [-0.3, -0.25) is 0 Å². The van der Waals surface area contributed by atoms with E-state index < -0.39 is 6.10 Å². The molecule has 4 heteroatoms. The maximum atomic E-state index is 9.84. The third-order valence-electron chi connectivity index (χ3n) is 2.95. The van der Waals surface area contributed by atoms with Crippen molar-refractivity contribution in [3.05, 3.63) is 28.2 Å². The molecular formula is C14H23BrN2O. The molecule has 0 spiro atoms. The largest absolute Gasteiger partial charge is 0.389 e. The van der Waals surface area contributed by atoms with Crippen LogP contribution in [0, 0.1) is 0 Å². The van der Waals surface area contributed by atoms with E-state index in [2.05, 4.69) is 52.9 Å². The van der Waals surface area contributed by atoms with Gasteiger partial charge in [0.15, 0.2) is 0 Å². The van der Waals surface area contributed by atoms with E-state index >= 15 is 0 Å². The van der Waals surface area contributed by atoms with Crippen LogP contribution in [0.25, 0.3) is 0 Å². The molecule has 0 aromatic heterocycles. The van der Waals surface area contributed by atoms with E-state index in [0.717, 1.165) is 35.2 Å². The Balaban J connectivity index is 2.75. The van der Waals surface area contributed by atoms with Crippen LogP contribution in [0.2, 0.25) is 0 Å². The van der Waals surface area contributed by atoms with E-state index in [1.807, 2.05) is 12.1 Å². The topological polar surface area (TPSA) is 26.7 Å². The molecular weight excluding hydrogens is 292 g/mol. The van der Waals surface area contributed by atoms with Crippen LogP contribution >= 0.6 is 15.9 Å². The lowest BCUT2D eigenvalue weighted by atomic mass is 10.1. The van der Waals surface area contributed by atoms with Crippen molar-refractivity contribution in [2.24, 2.45) is 0 Å². The van der Waals surface area contributed by atoms with Gasteiger partial charge in [-0.05, 0) is 52.2 Å². The van der Waals surface area contributed by atoms with Crippen LogP contribution in [0.4, 0.5) is 5.69 Å². The Bertz CT molecular complexity index is 380. The van der Waals surface area contributed by atoms with Gasteiger partial charge in [0.25, 0.3) is 0 Å². The zero-order valence-corrected chi connectivity index (χ0v) is 13.2. The normalized spacial score (nSPS) is 12.8. The van der Waals surface area contributed by atoms with Crippen LogP contribution in [-0.2, 0) is 0 Å². The Morgan fingerprint density at radius 1 is 1.22 bits per heavy atom. The predicted octanol–water partition coefficient (Wildman–Crippen LogP) is 2.89. The van der Waals surface area contributed by atoms with Gasteiger partial charge in [0.2, 0.25) is 0 Å². The third-order valence-corrected chi connectivity index (χ3v) is 3.44. The summed E-state index contributed by atoms with van der Waals surface area (Å²) in [5.41, 5.74) is 2.07. The summed E-state index contributed by atoms with van der Waals surface area (Å²) in [4.78, 5) is 4.39. The lowest BCUT2D eigenvalue weighted by Crippen LogP contribution is -2.24. The molecule has 1 rings (SSSR count). The molecule has 3 nitrogen and oxygen atoms in total. The van der Waals surface area contributed by atoms with Crippen LogP contribution in [0.3, 0.4) is 0 Å². The van der Waals surface area contributed by atoms with Crippen LogP contribution in [0.15, 0.2) is 22.7 Å². The zero-order valence-electron chi connectivity index (χ0n) is 11.7. The summed E-state index contributed by atoms with van der Waals surface area (Å²) in [5.74, 6) is 0. The van der Waals surface area contributed by atoms with Crippen molar-refractivity contribution >= 4 is 21.6 Å². The van der Waals surface area contributed by atoms with E-state index in [-0.39, 0.29) is 0 Å². The fourth-order valence-electron chi connectivity index (χ4n) is 1.95. The van der Waals surface area contributed by atoms with Gasteiger partial charge in [-0.2, -0.15) is 0 Å². The molecule has 1 unspecified atom stereocenters. The molecule has 0 aliphatic carbocycles. The second-order valence-corrected chi connectivity index (χ2v) is 5.87. The molecule has 18 heavy (non-hydrogen) atoms. The molecule has 1 aromatic rings. The molecule has 1 N–H and O–H groups in total. The fraction of sp³-hybridized carbons (Fsp3) is 0.571. The lowest BCUT2D eigenvalue weighted by Gasteiger charge is -2.24. The van der Waals surface area contributed by atoms with E-state index in [1.165, 1.54) is 0 Å². The highest BCUT2D eigenvalue weighted by molar-refractivity contribution is 9.10. The first kappa shape index (κ1) is 15.5. The number of nitrogens with zero attached hydrogens (tertiary/aromatic N) is 2. The summed E-state index contributed by atoms with van der Waals surface area (Å²) in [6.07, 6.45) is 0.660. The number of benzene rings is 1. The summed E-state index contributed by atoms with van der Waals surface area (Å²) in [6, 6.07) is 6.06. The van der Waals surface area contributed by atoms with Crippen molar-refractivity contribution in [1.82, 2.24) is 4.90 Å². The van der Waals surface area contributed by atoms with Crippen LogP contribution in [-0.4, -0.2) is 44.2 Å². The highest BCUT2D eigenvalue weighted by Gasteiger charge is 2.12. The minimum absolute atomic E-state index is 0.450. The number of halogens is 1. The summed E-state index contributed by atoms with van der Waals surface area (Å²) in [5, 5.41) is 9.84. The highest BCUT2D eigenvalue weighted by Crippen LogP contribution is 2.28. The van der Waals surface area contributed by atoms with Gasteiger partial charge in [0.1, 0.15) is 0 Å². The monoisotopic (exact) mass is 314 g/mol. The number of anilines is 1. The van der Waals surface area contributed by atoms with Gasteiger partial charge in [-0.25, -0.2) is 0 Å². The van der Waals surface area contributed by atoms with Crippen molar-refractivity contribution < 1.29 is 5.11 Å². The minimum Gasteiger partial charge on any atom is -0.389 e. The summed E-state index contributed by atoms with van der Waals surface area (Å²) in [7, 11) is 6.24. The molecule has 0 aliphatic rings. The molecule has 0 heterocycles. The lowest BCUT2D eigenvalue weighted by molar-refractivity contribution is 0.199. The molecule has 1 aromatic carbocycles. The molecule has 0 saturated carbocycles. The van der Waals surface area contributed by atoms with Gasteiger partial charge in [0.05, 0.1) is 6.10 Å². The molecule has 0 amide bonds. The zero-order chi connectivity index (χ0) is 13.7. The average molecular weight is 315 g/mol. The first-order valence-electron chi connectivity index (χ1n) is 6.25. The van der Waals surface area contributed by atoms with Crippen LogP contribution in [0.5, 0.6) is 0 Å². The number of aliphatic hydroxyl groups is 1. The van der Waals surface area contributed by atoms with Crippen LogP contribution in [0.1, 0.15) is 25.0 Å². The standard InChI is InChI=1S/C14H23BrN2O/c1-11(18)13-10-12(15)6-7-14(13)17(4)9-5-8-16(2)3/h6-7,10-11,18H,5,8-9H2,1-4H3. The maximum Gasteiger partial charge on any atom is 0.0782 e. The predicted molar refractivity (Wildman–Crippen MR) is 81.2 cm³/mol. The summed E-state index contributed by atoms with van der Waals surface area (Å²) in [6.45, 7) is 3.86. The van der Waals surface area contributed by atoms with Gasteiger partial charge < -0.3 is 14.9 Å². The molecule has 0 fully saturated rings. The SMILES string of the molecule is CC(O)c1cc(Br)ccc1N(C)CCCN(C)C. The Morgan fingerprint density at radius 2 is 1.89 bits per heavy atom. The second kappa shape index (κ2) is 7.12. The number of hydrogen-bond donors (Lipinski definition) is 1. The van der Waals surface area contributed by atoms with E-state index in [9.17, 15) is 5.11 Å². The van der Waals surface area contributed by atoms with Crippen molar-refractivity contribution in [1.29, 1.82) is 0 Å². The third kappa shape index (κ3) is 4.59. The van der Waals surface area contributed by atoms with Gasteiger partial charge in [-0.15, -0.1) is 0 Å². The number of aliphatic hydroxyl groups excluding tert-OH is 1. The number of hydrogen-bond acceptors (Lipinski definition) is 3. The van der Waals surface area contributed by atoms with Crippen molar-refractivity contribution in [3.63, 3.8) is 0 Å². The van der Waals surface area contributed by atoms with Crippen molar-refractivity contribution in [2.75, 3.05) is 39.1 Å². The molecule has 0 saturated heterocycles. The van der Waals surface area contributed by atoms with Crippen molar-refractivity contribution in [3.8, 4) is 0 Å². The summed E-state index contributed by atoms with van der Waals surface area (Å²) < 4.78 is 1.00. The quantitative estimate of drug-likeness (QED) is 0.874. The molecule has 0 aliphatic heterocycles. The first-order chi connectivity index (χ1) is 8.41. The molecule has 1 atom stereocenters. The Kier molecular flexibility index (Phi) is 6.12. The number of rotatable bonds is 6. The van der Waals surface area contributed by atoms with E-state index in [4.69, 9.17) is 0 Å². The highest BCUT2D eigenvalue weighted by atomic mass is 79.9. The molecule has 0 bridgehead atoms. The fourth-order valence-corrected chi connectivity index (χ4v) is 2.33. The van der Waals surface area contributed by atoms with Crippen LogP contribution < -0.4 is 4.90 Å². The molecule has 0 radical (unpaired) electrons. The van der Waals surface area contributed by atoms with E-state index in [0.29, 0.717) is 0 Å². The Hall–Kier alpha value is -0.580. The Labute approximate surface area is 119 Å². The molecule has 102 valence electrons. The first-order valence-corrected chi connectivity index (χ1v) is 7.04. The minimum atomic E-state index is -0.450. The average Bonchev–Trinajstić information content (AvgIpc) is 2.28. The Morgan fingerprint density at radius 3 is 2.44 bits per heavy atom. The summed E-state index contributed by atoms with van der Waals surface area (Å²) >= 11 is 3.45. The van der Waals surface area contributed by atoms with E-state index in [1.54, 1.807) is 6.92 Å². The maximum absolute atomic E-state index is 9.84. The smallest absolute Gasteiger partial charge is 0.0782 e. The second-order valence-electron chi connectivity index (χ2n) is 4.96. The van der Waals surface area contributed by atoms with Crippen molar-refractivity contribution in [2.45, 2.75) is 19.4 Å². The van der Waals surface area contributed by atoms with Gasteiger partial charge in [-0.1, -0.05) is 15.9 Å².